The van der Waals surface area contributed by atoms with Crippen molar-refractivity contribution in [1.29, 1.82) is 0 Å². The van der Waals surface area contributed by atoms with E-state index in [2.05, 4.69) is 35.1 Å². The minimum atomic E-state index is -3.65. The molecule has 0 saturated carbocycles. The standard InChI is InChI=1S/C19H23BrN2O3S/c1-5-13(2)14-6-9-16(10-7-14)21-19(23)15-8-11-17(20)18(12-15)26(24,25)22(3)4/h6-13H,5H2,1-4H3,(H,21,23). The van der Waals surface area contributed by atoms with Crippen molar-refractivity contribution >= 4 is 37.5 Å². The first kappa shape index (κ1) is 20.6. The van der Waals surface area contributed by atoms with Gasteiger partial charge in [0.2, 0.25) is 10.0 Å². The predicted octanol–water partition coefficient (Wildman–Crippen LogP) is 4.47. The molecule has 0 aliphatic rings. The van der Waals surface area contributed by atoms with E-state index in [-0.39, 0.29) is 16.4 Å². The maximum absolute atomic E-state index is 12.5. The normalized spacial score (nSPS) is 12.8. The van der Waals surface area contributed by atoms with E-state index in [1.807, 2.05) is 24.3 Å². The van der Waals surface area contributed by atoms with Crippen molar-refractivity contribution in [2.75, 3.05) is 19.4 Å². The molecular weight excluding hydrogens is 416 g/mol. The van der Waals surface area contributed by atoms with Gasteiger partial charge in [-0.15, -0.1) is 0 Å². The van der Waals surface area contributed by atoms with Gasteiger partial charge in [-0.05, 0) is 64.2 Å². The number of carbonyl (C=O) groups excluding carboxylic acids is 1. The SMILES string of the molecule is CCC(C)c1ccc(NC(=O)c2ccc(Br)c(S(=O)(=O)N(C)C)c2)cc1. The van der Waals surface area contributed by atoms with Crippen LogP contribution < -0.4 is 5.32 Å². The van der Waals surface area contributed by atoms with E-state index in [9.17, 15) is 13.2 Å². The number of hydrogen-bond donors (Lipinski definition) is 1. The number of nitrogens with one attached hydrogen (secondary N) is 1. The van der Waals surface area contributed by atoms with Crippen LogP contribution in [0.3, 0.4) is 0 Å². The van der Waals surface area contributed by atoms with Crippen molar-refractivity contribution in [2.24, 2.45) is 0 Å². The van der Waals surface area contributed by atoms with E-state index in [1.165, 1.54) is 25.7 Å². The molecule has 0 heterocycles. The zero-order chi connectivity index (χ0) is 19.5. The van der Waals surface area contributed by atoms with Gasteiger partial charge < -0.3 is 5.32 Å². The summed E-state index contributed by atoms with van der Waals surface area (Å²) < 4.78 is 26.3. The Morgan fingerprint density at radius 1 is 1.15 bits per heavy atom. The van der Waals surface area contributed by atoms with Gasteiger partial charge in [0.1, 0.15) is 0 Å². The molecule has 5 nitrogen and oxygen atoms in total. The number of nitrogens with zero attached hydrogens (tertiary/aromatic N) is 1. The van der Waals surface area contributed by atoms with Crippen LogP contribution in [0.5, 0.6) is 0 Å². The van der Waals surface area contributed by atoms with E-state index >= 15 is 0 Å². The first-order valence-corrected chi connectivity index (χ1v) is 10.5. The molecule has 1 N–H and O–H groups in total. The van der Waals surface area contributed by atoms with Crippen LogP contribution in [0.15, 0.2) is 51.8 Å². The molecule has 1 unspecified atom stereocenters. The lowest BCUT2D eigenvalue weighted by Crippen LogP contribution is -2.23. The fraction of sp³-hybridized carbons (Fsp3) is 0.316. The number of rotatable bonds is 6. The molecule has 0 saturated heterocycles. The highest BCUT2D eigenvalue weighted by molar-refractivity contribution is 9.10. The zero-order valence-corrected chi connectivity index (χ0v) is 17.7. The number of benzene rings is 2. The van der Waals surface area contributed by atoms with Crippen LogP contribution in [-0.4, -0.2) is 32.7 Å². The van der Waals surface area contributed by atoms with Crippen molar-refractivity contribution < 1.29 is 13.2 Å². The summed E-state index contributed by atoms with van der Waals surface area (Å²) in [5.41, 5.74) is 2.16. The molecule has 0 aliphatic heterocycles. The summed E-state index contributed by atoms with van der Waals surface area (Å²) >= 11 is 3.24. The van der Waals surface area contributed by atoms with Crippen LogP contribution in [-0.2, 0) is 10.0 Å². The van der Waals surface area contributed by atoms with E-state index in [0.717, 1.165) is 10.7 Å². The van der Waals surface area contributed by atoms with E-state index in [1.54, 1.807) is 12.1 Å². The van der Waals surface area contributed by atoms with Crippen molar-refractivity contribution in [2.45, 2.75) is 31.1 Å². The average molecular weight is 439 g/mol. The Balaban J connectivity index is 2.25. The van der Waals surface area contributed by atoms with Crippen LogP contribution in [0.4, 0.5) is 5.69 Å². The minimum Gasteiger partial charge on any atom is -0.322 e. The Kier molecular flexibility index (Phi) is 6.60. The van der Waals surface area contributed by atoms with E-state index in [4.69, 9.17) is 0 Å². The highest BCUT2D eigenvalue weighted by Crippen LogP contribution is 2.26. The molecule has 2 aromatic rings. The molecule has 2 aromatic carbocycles. The fourth-order valence-electron chi connectivity index (χ4n) is 2.37. The topological polar surface area (TPSA) is 66.5 Å². The molecule has 0 aliphatic carbocycles. The number of anilines is 1. The van der Waals surface area contributed by atoms with Crippen LogP contribution >= 0.6 is 15.9 Å². The molecule has 0 radical (unpaired) electrons. The molecular formula is C19H23BrN2O3S. The van der Waals surface area contributed by atoms with Gasteiger partial charge in [-0.2, -0.15) is 0 Å². The first-order valence-electron chi connectivity index (χ1n) is 8.30. The third-order valence-electron chi connectivity index (χ3n) is 4.30. The molecule has 0 fully saturated rings. The maximum atomic E-state index is 12.5. The van der Waals surface area contributed by atoms with Gasteiger partial charge in [0.05, 0.1) is 4.90 Å². The zero-order valence-electron chi connectivity index (χ0n) is 15.3. The third-order valence-corrected chi connectivity index (χ3v) is 7.11. The Labute approximate surface area is 163 Å². The minimum absolute atomic E-state index is 0.0577. The van der Waals surface area contributed by atoms with Gasteiger partial charge >= 0.3 is 0 Å². The monoisotopic (exact) mass is 438 g/mol. The highest BCUT2D eigenvalue weighted by atomic mass is 79.9. The lowest BCUT2D eigenvalue weighted by atomic mass is 9.98. The Hall–Kier alpha value is -1.70. The van der Waals surface area contributed by atoms with Gasteiger partial charge in [0, 0.05) is 29.8 Å². The second-order valence-corrected chi connectivity index (χ2v) is 9.29. The van der Waals surface area contributed by atoms with Crippen molar-refractivity contribution in [3.63, 3.8) is 0 Å². The van der Waals surface area contributed by atoms with Gasteiger partial charge in [-0.3, -0.25) is 4.79 Å². The van der Waals surface area contributed by atoms with E-state index < -0.39 is 10.0 Å². The van der Waals surface area contributed by atoms with Crippen LogP contribution in [0.25, 0.3) is 0 Å². The van der Waals surface area contributed by atoms with Gasteiger partial charge in [0.15, 0.2) is 0 Å². The number of carbonyl (C=O) groups is 1. The van der Waals surface area contributed by atoms with Gasteiger partial charge in [-0.25, -0.2) is 12.7 Å². The fourth-order valence-corrected chi connectivity index (χ4v) is 4.22. The second kappa shape index (κ2) is 8.33. The summed E-state index contributed by atoms with van der Waals surface area (Å²) in [4.78, 5) is 12.6. The van der Waals surface area contributed by atoms with Gasteiger partial charge in [0.25, 0.3) is 5.91 Å². The smallest absolute Gasteiger partial charge is 0.255 e. The summed E-state index contributed by atoms with van der Waals surface area (Å²) in [7, 11) is -0.745. The highest BCUT2D eigenvalue weighted by Gasteiger charge is 2.22. The predicted molar refractivity (Wildman–Crippen MR) is 108 cm³/mol. The third kappa shape index (κ3) is 4.52. The summed E-state index contributed by atoms with van der Waals surface area (Å²) in [5, 5.41) is 2.81. The lowest BCUT2D eigenvalue weighted by molar-refractivity contribution is 0.102. The number of hydrogen-bond acceptors (Lipinski definition) is 3. The van der Waals surface area contributed by atoms with Crippen LogP contribution in [0, 0.1) is 0 Å². The molecule has 1 atom stereocenters. The molecule has 140 valence electrons. The lowest BCUT2D eigenvalue weighted by Gasteiger charge is -2.14. The van der Waals surface area contributed by atoms with Gasteiger partial charge in [-0.1, -0.05) is 26.0 Å². The van der Waals surface area contributed by atoms with E-state index in [0.29, 0.717) is 16.1 Å². The quantitative estimate of drug-likeness (QED) is 0.723. The van der Waals surface area contributed by atoms with Crippen molar-refractivity contribution in [3.05, 3.63) is 58.1 Å². The van der Waals surface area contributed by atoms with Crippen molar-refractivity contribution in [1.82, 2.24) is 4.31 Å². The molecule has 0 aromatic heterocycles. The summed E-state index contributed by atoms with van der Waals surface area (Å²) in [6, 6.07) is 12.2. The molecule has 0 bridgehead atoms. The Bertz CT molecular complexity index is 894. The molecule has 1 amide bonds. The summed E-state index contributed by atoms with van der Waals surface area (Å²) in [6.45, 7) is 4.29. The number of halogens is 1. The molecule has 2 rings (SSSR count). The molecule has 7 heteroatoms. The molecule has 26 heavy (non-hydrogen) atoms. The van der Waals surface area contributed by atoms with Crippen molar-refractivity contribution in [3.8, 4) is 0 Å². The number of sulfonamides is 1. The average Bonchev–Trinajstić information content (AvgIpc) is 2.61. The van der Waals surface area contributed by atoms with Crippen LogP contribution in [0.1, 0.15) is 42.1 Å². The second-order valence-electron chi connectivity index (χ2n) is 6.32. The molecule has 0 spiro atoms. The Morgan fingerprint density at radius 3 is 2.31 bits per heavy atom. The first-order chi connectivity index (χ1) is 12.2. The largest absolute Gasteiger partial charge is 0.322 e. The number of amides is 1. The summed E-state index contributed by atoms with van der Waals surface area (Å²) in [5.74, 6) is 0.106. The summed E-state index contributed by atoms with van der Waals surface area (Å²) in [6.07, 6.45) is 1.05. The Morgan fingerprint density at radius 2 is 1.77 bits per heavy atom. The van der Waals surface area contributed by atoms with Crippen LogP contribution in [0.2, 0.25) is 0 Å². The maximum Gasteiger partial charge on any atom is 0.255 e.